The number of rotatable bonds is 0. The van der Waals surface area contributed by atoms with Crippen LogP contribution in [0.4, 0.5) is 0 Å². The zero-order chi connectivity index (χ0) is 15.3. The van der Waals surface area contributed by atoms with Gasteiger partial charge in [0.05, 0.1) is 6.10 Å². The SMILES string of the molecule is CC(C)(C)C1CCC2=C[C@@H](O)CC[C@]2(C)C1C(C)(C)C. The number of aliphatic hydroxyl groups excluding tert-OH is 1. The molecule has 0 aromatic rings. The van der Waals surface area contributed by atoms with Gasteiger partial charge in [-0.3, -0.25) is 0 Å². The molecule has 1 fully saturated rings. The monoisotopic (exact) mass is 278 g/mol. The van der Waals surface area contributed by atoms with Crippen molar-refractivity contribution in [1.82, 2.24) is 0 Å². The molecule has 1 N–H and O–H groups in total. The maximum absolute atomic E-state index is 10.0. The van der Waals surface area contributed by atoms with Crippen LogP contribution in [0.3, 0.4) is 0 Å². The Bertz CT molecular complexity index is 393. The van der Waals surface area contributed by atoms with Gasteiger partial charge in [-0.1, -0.05) is 60.1 Å². The third-order valence-electron chi connectivity index (χ3n) is 5.95. The lowest BCUT2D eigenvalue weighted by Crippen LogP contribution is -2.51. The van der Waals surface area contributed by atoms with E-state index < -0.39 is 0 Å². The van der Waals surface area contributed by atoms with Crippen LogP contribution >= 0.6 is 0 Å². The molecule has 0 bridgehead atoms. The van der Waals surface area contributed by atoms with E-state index in [4.69, 9.17) is 0 Å². The highest BCUT2D eigenvalue weighted by Crippen LogP contribution is 2.61. The summed E-state index contributed by atoms with van der Waals surface area (Å²) in [4.78, 5) is 0. The van der Waals surface area contributed by atoms with Crippen molar-refractivity contribution < 1.29 is 5.11 Å². The fourth-order valence-electron chi connectivity index (χ4n) is 5.25. The van der Waals surface area contributed by atoms with Crippen molar-refractivity contribution in [2.24, 2.45) is 28.1 Å². The molecule has 0 spiro atoms. The van der Waals surface area contributed by atoms with Crippen molar-refractivity contribution in [2.75, 3.05) is 0 Å². The highest BCUT2D eigenvalue weighted by Gasteiger charge is 2.53. The van der Waals surface area contributed by atoms with Crippen LogP contribution in [0.25, 0.3) is 0 Å². The van der Waals surface area contributed by atoms with E-state index in [1.54, 1.807) is 0 Å². The van der Waals surface area contributed by atoms with Crippen LogP contribution < -0.4 is 0 Å². The van der Waals surface area contributed by atoms with Crippen LogP contribution in [0.15, 0.2) is 11.6 Å². The Morgan fingerprint density at radius 3 is 2.15 bits per heavy atom. The van der Waals surface area contributed by atoms with Gasteiger partial charge >= 0.3 is 0 Å². The summed E-state index contributed by atoms with van der Waals surface area (Å²) < 4.78 is 0. The highest BCUT2D eigenvalue weighted by atomic mass is 16.3. The van der Waals surface area contributed by atoms with Crippen LogP contribution in [0.1, 0.15) is 74.1 Å². The van der Waals surface area contributed by atoms with Gasteiger partial charge in [0, 0.05) is 0 Å². The van der Waals surface area contributed by atoms with E-state index in [0.29, 0.717) is 16.7 Å². The summed E-state index contributed by atoms with van der Waals surface area (Å²) >= 11 is 0. The average Bonchev–Trinajstić information content (AvgIpc) is 2.25. The van der Waals surface area contributed by atoms with Crippen LogP contribution in [-0.2, 0) is 0 Å². The summed E-state index contributed by atoms with van der Waals surface area (Å²) in [5, 5.41) is 10.0. The molecule has 20 heavy (non-hydrogen) atoms. The summed E-state index contributed by atoms with van der Waals surface area (Å²) in [6.07, 6.45) is 6.52. The van der Waals surface area contributed by atoms with Crippen LogP contribution in [0, 0.1) is 28.1 Å². The zero-order valence-electron chi connectivity index (χ0n) is 14.6. The minimum Gasteiger partial charge on any atom is -0.389 e. The Morgan fingerprint density at radius 2 is 1.65 bits per heavy atom. The van der Waals surface area contributed by atoms with Gasteiger partial charge < -0.3 is 5.11 Å². The Labute approximate surface area is 125 Å². The smallest absolute Gasteiger partial charge is 0.0724 e. The topological polar surface area (TPSA) is 20.2 Å². The molecule has 1 nitrogen and oxygen atoms in total. The number of fused-ring (bicyclic) bond motifs is 1. The van der Waals surface area contributed by atoms with Gasteiger partial charge in [0.1, 0.15) is 0 Å². The van der Waals surface area contributed by atoms with E-state index in [2.05, 4.69) is 54.5 Å². The molecule has 0 aromatic heterocycles. The Balaban J connectivity index is 2.48. The Hall–Kier alpha value is -0.300. The van der Waals surface area contributed by atoms with Crippen molar-refractivity contribution in [3.63, 3.8) is 0 Å². The predicted molar refractivity (Wildman–Crippen MR) is 86.6 cm³/mol. The first-order valence-corrected chi connectivity index (χ1v) is 8.35. The maximum atomic E-state index is 10.0. The van der Waals surface area contributed by atoms with E-state index in [1.807, 2.05) is 0 Å². The summed E-state index contributed by atoms with van der Waals surface area (Å²) in [5.41, 5.74) is 2.50. The summed E-state index contributed by atoms with van der Waals surface area (Å²) in [6.45, 7) is 16.9. The fraction of sp³-hybridized carbons (Fsp3) is 0.895. The molecule has 4 atom stereocenters. The molecule has 0 aliphatic heterocycles. The quantitative estimate of drug-likeness (QED) is 0.604. The van der Waals surface area contributed by atoms with Crippen molar-refractivity contribution in [1.29, 1.82) is 0 Å². The predicted octanol–water partition coefficient (Wildman–Crippen LogP) is 5.19. The first-order chi connectivity index (χ1) is 8.96. The summed E-state index contributed by atoms with van der Waals surface area (Å²) in [5.74, 6) is 1.46. The first kappa shape index (κ1) is 16.1. The lowest BCUT2D eigenvalue weighted by molar-refractivity contribution is -0.0473. The van der Waals surface area contributed by atoms with E-state index in [0.717, 1.165) is 18.8 Å². The van der Waals surface area contributed by atoms with Gasteiger partial charge in [-0.15, -0.1) is 0 Å². The molecule has 0 saturated heterocycles. The summed E-state index contributed by atoms with van der Waals surface area (Å²) in [7, 11) is 0. The van der Waals surface area contributed by atoms with Gasteiger partial charge in [0.15, 0.2) is 0 Å². The van der Waals surface area contributed by atoms with Crippen molar-refractivity contribution in [2.45, 2.75) is 80.3 Å². The van der Waals surface area contributed by atoms with E-state index in [-0.39, 0.29) is 11.5 Å². The highest BCUT2D eigenvalue weighted by molar-refractivity contribution is 5.25. The number of aliphatic hydroxyl groups is 1. The van der Waals surface area contributed by atoms with Crippen molar-refractivity contribution >= 4 is 0 Å². The number of hydrogen-bond acceptors (Lipinski definition) is 1. The normalized spacial score (nSPS) is 39.2. The van der Waals surface area contributed by atoms with E-state index in [1.165, 1.54) is 18.4 Å². The van der Waals surface area contributed by atoms with E-state index in [9.17, 15) is 5.11 Å². The van der Waals surface area contributed by atoms with E-state index >= 15 is 0 Å². The van der Waals surface area contributed by atoms with Crippen molar-refractivity contribution in [3.05, 3.63) is 11.6 Å². The van der Waals surface area contributed by atoms with Crippen molar-refractivity contribution in [3.8, 4) is 0 Å². The fourth-order valence-corrected chi connectivity index (χ4v) is 5.25. The molecule has 2 aliphatic carbocycles. The molecule has 0 aromatic carbocycles. The first-order valence-electron chi connectivity index (χ1n) is 8.35. The molecule has 1 heteroatoms. The molecule has 0 amide bonds. The number of allylic oxidation sites excluding steroid dienone is 1. The third kappa shape index (κ3) is 2.71. The van der Waals surface area contributed by atoms with Gasteiger partial charge in [0.2, 0.25) is 0 Å². The minimum atomic E-state index is -0.204. The molecule has 2 unspecified atom stereocenters. The van der Waals surface area contributed by atoms with Gasteiger partial charge in [-0.2, -0.15) is 0 Å². The Kier molecular flexibility index (Phi) is 3.91. The second-order valence-electron chi connectivity index (χ2n) is 9.57. The largest absolute Gasteiger partial charge is 0.389 e. The molecule has 1 saturated carbocycles. The molecular formula is C19H34O. The van der Waals surface area contributed by atoms with Gasteiger partial charge in [-0.25, -0.2) is 0 Å². The standard InChI is InChI=1S/C19H34O/c1-17(2,3)15-9-8-13-12-14(20)10-11-19(13,7)16(15)18(4,5)6/h12,14-16,20H,8-11H2,1-7H3/t14-,15?,16?,19-/m0/s1. The van der Waals surface area contributed by atoms with Crippen LogP contribution in [0.5, 0.6) is 0 Å². The Morgan fingerprint density at radius 1 is 1.05 bits per heavy atom. The van der Waals surface area contributed by atoms with Crippen LogP contribution in [-0.4, -0.2) is 11.2 Å². The second kappa shape index (κ2) is 4.87. The molecule has 0 heterocycles. The molecular weight excluding hydrogens is 244 g/mol. The maximum Gasteiger partial charge on any atom is 0.0724 e. The minimum absolute atomic E-state index is 0.204. The zero-order valence-corrected chi connectivity index (χ0v) is 14.6. The molecule has 2 aliphatic rings. The lowest BCUT2D eigenvalue weighted by Gasteiger charge is -2.58. The van der Waals surface area contributed by atoms with Gasteiger partial charge in [0.25, 0.3) is 0 Å². The van der Waals surface area contributed by atoms with Crippen LogP contribution in [0.2, 0.25) is 0 Å². The van der Waals surface area contributed by atoms with Gasteiger partial charge in [-0.05, 0) is 53.8 Å². The number of hydrogen-bond donors (Lipinski definition) is 1. The summed E-state index contributed by atoms with van der Waals surface area (Å²) in [6, 6.07) is 0. The second-order valence-corrected chi connectivity index (χ2v) is 9.57. The average molecular weight is 278 g/mol. The molecule has 2 rings (SSSR count). The molecule has 0 radical (unpaired) electrons. The molecule has 116 valence electrons. The third-order valence-corrected chi connectivity index (χ3v) is 5.95. The lowest BCUT2D eigenvalue weighted by atomic mass is 9.46.